The smallest absolute Gasteiger partial charge is 0.271 e. The molecule has 0 saturated heterocycles. The van der Waals surface area contributed by atoms with Crippen LogP contribution in [0.2, 0.25) is 0 Å². The topological polar surface area (TPSA) is 38.8 Å². The molecule has 0 aromatic carbocycles. The van der Waals surface area contributed by atoms with Crippen LogP contribution in [0.25, 0.3) is 0 Å². The summed E-state index contributed by atoms with van der Waals surface area (Å²) in [6.45, 7) is 0.624. The van der Waals surface area contributed by atoms with E-state index in [-0.39, 0.29) is 12.5 Å². The molecule has 0 heterocycles. The molecule has 0 radical (unpaired) electrons. The Hall–Kier alpha value is -0.580. The molecule has 0 unspecified atom stereocenters. The van der Waals surface area contributed by atoms with Gasteiger partial charge in [-0.05, 0) is 12.8 Å². The summed E-state index contributed by atoms with van der Waals surface area (Å²) >= 11 is 5.45. The lowest BCUT2D eigenvalue weighted by Crippen LogP contribution is -2.29. The number of unbranched alkanes of at least 4 members (excludes halogenated alkanes) is 1. The first-order chi connectivity index (χ1) is 7.22. The van der Waals surface area contributed by atoms with Crippen LogP contribution in [0.3, 0.4) is 0 Å². The molecule has 0 aromatic heterocycles. The van der Waals surface area contributed by atoms with Gasteiger partial charge in [0.05, 0.1) is 7.11 Å². The van der Waals surface area contributed by atoms with Crippen LogP contribution in [-0.2, 0) is 14.4 Å². The van der Waals surface area contributed by atoms with Gasteiger partial charge < -0.3 is 4.74 Å². The fraction of sp³-hybridized carbons (Fsp3) is 0.700. The number of rotatable bonds is 8. The van der Waals surface area contributed by atoms with Crippen LogP contribution in [0.15, 0.2) is 12.2 Å². The summed E-state index contributed by atoms with van der Waals surface area (Å²) in [5.74, 6) is 0.353. The first-order valence-corrected chi connectivity index (χ1v) is 5.35. The van der Waals surface area contributed by atoms with Crippen molar-refractivity contribution in [3.63, 3.8) is 0 Å². The number of carbonyl (C=O) groups is 1. The highest BCUT2D eigenvalue weighted by atomic mass is 35.5. The number of carbonyl (C=O) groups excluding carboxylic acids is 1. The minimum Gasteiger partial charge on any atom is -0.372 e. The number of nitrogens with zero attached hydrogens (tertiary/aromatic N) is 1. The van der Waals surface area contributed by atoms with Gasteiger partial charge in [0.25, 0.3) is 5.91 Å². The molecule has 0 atom stereocenters. The van der Waals surface area contributed by atoms with E-state index in [9.17, 15) is 4.79 Å². The van der Waals surface area contributed by atoms with Gasteiger partial charge in [-0.15, -0.1) is 11.6 Å². The molecule has 0 N–H and O–H groups in total. The van der Waals surface area contributed by atoms with Crippen molar-refractivity contribution in [2.75, 3.05) is 33.3 Å². The van der Waals surface area contributed by atoms with E-state index < -0.39 is 0 Å². The summed E-state index contributed by atoms with van der Waals surface area (Å²) in [7, 11) is 2.99. The first kappa shape index (κ1) is 14.4. The summed E-state index contributed by atoms with van der Waals surface area (Å²) < 4.78 is 5.16. The lowest BCUT2D eigenvalue weighted by molar-refractivity contribution is -0.173. The van der Waals surface area contributed by atoms with Gasteiger partial charge in [0.15, 0.2) is 0 Å². The first-order valence-electron chi connectivity index (χ1n) is 4.81. The summed E-state index contributed by atoms with van der Waals surface area (Å²) in [5, 5.41) is 1.15. The fourth-order valence-electron chi connectivity index (χ4n) is 0.836. The molecule has 0 bridgehead atoms. The number of amides is 1. The van der Waals surface area contributed by atoms with Crippen LogP contribution in [0.5, 0.6) is 0 Å². The summed E-state index contributed by atoms with van der Waals surface area (Å²) in [4.78, 5) is 15.9. The Morgan fingerprint density at radius 3 is 2.80 bits per heavy atom. The average molecular weight is 236 g/mol. The number of halogens is 1. The Balaban J connectivity index is 3.31. The highest BCUT2D eigenvalue weighted by Crippen LogP contribution is 1.94. The number of allylic oxidation sites excluding steroid dienone is 2. The van der Waals surface area contributed by atoms with E-state index in [1.165, 1.54) is 7.11 Å². The van der Waals surface area contributed by atoms with Crippen molar-refractivity contribution in [3.8, 4) is 0 Å². The number of ether oxygens (including phenoxy) is 1. The molecule has 0 saturated carbocycles. The average Bonchev–Trinajstić information content (AvgIpc) is 2.26. The van der Waals surface area contributed by atoms with Crippen LogP contribution in [0, 0.1) is 0 Å². The molecule has 0 fully saturated rings. The molecule has 5 heteroatoms. The van der Waals surface area contributed by atoms with Gasteiger partial charge in [0.1, 0.15) is 6.61 Å². The molecular weight excluding hydrogens is 218 g/mol. The van der Waals surface area contributed by atoms with E-state index in [1.807, 2.05) is 12.2 Å². The maximum Gasteiger partial charge on any atom is 0.271 e. The second-order valence-electron chi connectivity index (χ2n) is 2.89. The highest BCUT2D eigenvalue weighted by Gasteiger charge is 2.06. The van der Waals surface area contributed by atoms with Crippen molar-refractivity contribution in [2.45, 2.75) is 12.8 Å². The summed E-state index contributed by atoms with van der Waals surface area (Å²) in [6, 6.07) is 0. The maximum absolute atomic E-state index is 11.2. The summed E-state index contributed by atoms with van der Waals surface area (Å²) in [5.41, 5.74) is 0. The Morgan fingerprint density at radius 1 is 1.47 bits per heavy atom. The zero-order valence-electron chi connectivity index (χ0n) is 9.24. The van der Waals surface area contributed by atoms with E-state index in [0.717, 1.165) is 17.9 Å². The Kier molecular flexibility index (Phi) is 9.57. The highest BCUT2D eigenvalue weighted by molar-refractivity contribution is 6.18. The van der Waals surface area contributed by atoms with Crippen molar-refractivity contribution in [2.24, 2.45) is 0 Å². The fourth-order valence-corrected chi connectivity index (χ4v) is 0.962. The van der Waals surface area contributed by atoms with E-state index in [0.29, 0.717) is 12.5 Å². The molecule has 0 rings (SSSR count). The molecule has 1 amide bonds. The third-order valence-corrected chi connectivity index (χ3v) is 1.94. The van der Waals surface area contributed by atoms with Gasteiger partial charge in [-0.2, -0.15) is 0 Å². The SMILES string of the molecule is CON(C)C(=O)COCCC/C=C/CCl. The molecule has 15 heavy (non-hydrogen) atoms. The second-order valence-corrected chi connectivity index (χ2v) is 3.20. The number of hydrogen-bond donors (Lipinski definition) is 0. The zero-order chi connectivity index (χ0) is 11.5. The Morgan fingerprint density at radius 2 is 2.20 bits per heavy atom. The second kappa shape index (κ2) is 9.96. The minimum absolute atomic E-state index is 0.0591. The third-order valence-electron chi connectivity index (χ3n) is 1.77. The van der Waals surface area contributed by atoms with E-state index >= 15 is 0 Å². The minimum atomic E-state index is -0.186. The molecule has 88 valence electrons. The predicted molar refractivity (Wildman–Crippen MR) is 59.7 cm³/mol. The van der Waals surface area contributed by atoms with Crippen molar-refractivity contribution in [1.82, 2.24) is 5.06 Å². The van der Waals surface area contributed by atoms with Crippen LogP contribution in [0.4, 0.5) is 0 Å². The summed E-state index contributed by atoms with van der Waals surface area (Å²) in [6.07, 6.45) is 5.70. The van der Waals surface area contributed by atoms with Gasteiger partial charge in [-0.3, -0.25) is 9.63 Å². The van der Waals surface area contributed by atoms with E-state index in [4.69, 9.17) is 21.2 Å². The van der Waals surface area contributed by atoms with Crippen LogP contribution < -0.4 is 0 Å². The standard InChI is InChI=1S/C10H18ClNO3/c1-12(14-2)10(13)9-15-8-6-4-3-5-7-11/h3,5H,4,6-9H2,1-2H3/b5-3+. The van der Waals surface area contributed by atoms with Gasteiger partial charge in [-0.1, -0.05) is 12.2 Å². The third kappa shape index (κ3) is 8.42. The van der Waals surface area contributed by atoms with Crippen molar-refractivity contribution >= 4 is 17.5 Å². The molecule has 0 aromatic rings. The normalized spacial score (nSPS) is 10.9. The van der Waals surface area contributed by atoms with Gasteiger partial charge in [0, 0.05) is 19.5 Å². The van der Waals surface area contributed by atoms with Gasteiger partial charge >= 0.3 is 0 Å². The number of hydrogen-bond acceptors (Lipinski definition) is 3. The molecule has 0 aliphatic carbocycles. The van der Waals surface area contributed by atoms with Crippen LogP contribution in [0.1, 0.15) is 12.8 Å². The van der Waals surface area contributed by atoms with E-state index in [2.05, 4.69) is 0 Å². The number of hydroxylamine groups is 2. The quantitative estimate of drug-likeness (QED) is 0.278. The molecule has 0 aliphatic heterocycles. The lowest BCUT2D eigenvalue weighted by atomic mass is 10.3. The monoisotopic (exact) mass is 235 g/mol. The number of alkyl halides is 1. The molecule has 0 spiro atoms. The van der Waals surface area contributed by atoms with E-state index in [1.54, 1.807) is 7.05 Å². The molecule has 0 aliphatic rings. The van der Waals surface area contributed by atoms with Gasteiger partial charge in [-0.25, -0.2) is 5.06 Å². The van der Waals surface area contributed by atoms with Crippen molar-refractivity contribution in [3.05, 3.63) is 12.2 Å². The van der Waals surface area contributed by atoms with Crippen molar-refractivity contribution in [1.29, 1.82) is 0 Å². The predicted octanol–water partition coefficient (Wildman–Crippen LogP) is 1.60. The Labute approximate surface area is 95.7 Å². The largest absolute Gasteiger partial charge is 0.372 e. The van der Waals surface area contributed by atoms with Crippen LogP contribution in [-0.4, -0.2) is 44.2 Å². The maximum atomic E-state index is 11.2. The van der Waals surface area contributed by atoms with Crippen LogP contribution >= 0.6 is 11.6 Å². The molecular formula is C10H18ClNO3. The zero-order valence-corrected chi connectivity index (χ0v) is 10.00. The molecule has 4 nitrogen and oxygen atoms in total. The number of likely N-dealkylation sites (N-methyl/N-ethyl adjacent to an activating group) is 1. The lowest BCUT2D eigenvalue weighted by Gasteiger charge is -2.13. The van der Waals surface area contributed by atoms with Crippen molar-refractivity contribution < 1.29 is 14.4 Å². The van der Waals surface area contributed by atoms with Gasteiger partial charge in [0.2, 0.25) is 0 Å². The Bertz CT molecular complexity index is 197.